The van der Waals surface area contributed by atoms with Crippen LogP contribution in [0.4, 0.5) is 0 Å². The Labute approximate surface area is 270 Å². The van der Waals surface area contributed by atoms with E-state index in [-0.39, 0.29) is 22.6 Å². The van der Waals surface area contributed by atoms with Crippen LogP contribution < -0.4 is 20.6 Å². The quantitative estimate of drug-likeness (QED) is 0.143. The van der Waals surface area contributed by atoms with Gasteiger partial charge in [0, 0.05) is 26.9 Å². The third kappa shape index (κ3) is 5.51. The molecule has 2 aromatic heterocycles. The summed E-state index contributed by atoms with van der Waals surface area (Å²) in [5.41, 5.74) is 1.07. The number of nitrogens with one attached hydrogen (secondary N) is 2. The van der Waals surface area contributed by atoms with Crippen molar-refractivity contribution in [3.05, 3.63) is 140 Å². The van der Waals surface area contributed by atoms with E-state index in [2.05, 4.69) is 9.97 Å². The number of aromatic nitrogens is 2. The standard InChI is InChI=1S/C36H22Cl2N2O6/c37-21-10-12-27-29(16-21)39-35(43)31(33(27)41)19-4-1-6-23(14-19)45-25-8-3-9-26(18-25)46-24-7-2-5-20(15-24)32-34(42)28-13-11-22(38)17-30(28)40-36(32)44/h1-18H,(H2,39,41,43)(H2,40,42,44). The lowest BCUT2D eigenvalue weighted by atomic mass is 10.0. The smallest absolute Gasteiger partial charge is 0.260 e. The fraction of sp³-hybridized carbons (Fsp3) is 0. The topological polar surface area (TPSA) is 125 Å². The number of H-pyrrole nitrogens is 2. The summed E-state index contributed by atoms with van der Waals surface area (Å²) in [6, 6.07) is 30.3. The molecule has 0 unspecified atom stereocenters. The zero-order chi connectivity index (χ0) is 31.9. The van der Waals surface area contributed by atoms with Crippen molar-refractivity contribution in [1.29, 1.82) is 0 Å². The molecule has 7 rings (SSSR count). The molecule has 0 aliphatic heterocycles. The minimum atomic E-state index is -0.467. The van der Waals surface area contributed by atoms with Crippen LogP contribution in [0.15, 0.2) is 119 Å². The highest BCUT2D eigenvalue weighted by atomic mass is 35.5. The Morgan fingerprint density at radius 1 is 0.500 bits per heavy atom. The van der Waals surface area contributed by atoms with Gasteiger partial charge in [-0.1, -0.05) is 53.5 Å². The van der Waals surface area contributed by atoms with Crippen molar-refractivity contribution in [3.8, 4) is 56.8 Å². The minimum Gasteiger partial charge on any atom is -0.506 e. The van der Waals surface area contributed by atoms with Crippen molar-refractivity contribution >= 4 is 45.0 Å². The van der Waals surface area contributed by atoms with Crippen molar-refractivity contribution in [3.63, 3.8) is 0 Å². The fourth-order valence-electron chi connectivity index (χ4n) is 5.35. The molecule has 0 aliphatic carbocycles. The summed E-state index contributed by atoms with van der Waals surface area (Å²) in [6.45, 7) is 0. The molecule has 4 N–H and O–H groups in total. The Morgan fingerprint density at radius 3 is 1.33 bits per heavy atom. The van der Waals surface area contributed by atoms with Crippen LogP contribution >= 0.6 is 23.2 Å². The van der Waals surface area contributed by atoms with Gasteiger partial charge < -0.3 is 29.7 Å². The van der Waals surface area contributed by atoms with E-state index >= 15 is 0 Å². The third-order valence-corrected chi connectivity index (χ3v) is 7.89. The van der Waals surface area contributed by atoms with E-state index in [1.54, 1.807) is 109 Å². The molecule has 0 amide bonds. The molecule has 0 saturated carbocycles. The molecule has 0 bridgehead atoms. The van der Waals surface area contributed by atoms with Crippen LogP contribution in [0.1, 0.15) is 0 Å². The minimum absolute atomic E-state index is 0.109. The van der Waals surface area contributed by atoms with Crippen molar-refractivity contribution in [2.45, 2.75) is 0 Å². The van der Waals surface area contributed by atoms with E-state index in [0.29, 0.717) is 66.0 Å². The Balaban J connectivity index is 1.15. The second-order valence-corrected chi connectivity index (χ2v) is 11.3. The zero-order valence-electron chi connectivity index (χ0n) is 23.7. The lowest BCUT2D eigenvalue weighted by Crippen LogP contribution is -2.09. The maximum Gasteiger partial charge on any atom is 0.260 e. The predicted molar refractivity (Wildman–Crippen MR) is 180 cm³/mol. The molecule has 7 aromatic rings. The van der Waals surface area contributed by atoms with Crippen LogP contribution in [0, 0.1) is 0 Å². The van der Waals surface area contributed by atoms with Gasteiger partial charge in [-0.15, -0.1) is 0 Å². The van der Waals surface area contributed by atoms with Gasteiger partial charge in [-0.2, -0.15) is 0 Å². The van der Waals surface area contributed by atoms with Gasteiger partial charge in [-0.3, -0.25) is 9.59 Å². The molecule has 5 aromatic carbocycles. The summed E-state index contributed by atoms with van der Waals surface area (Å²) in [4.78, 5) is 31.4. The number of rotatable bonds is 6. The van der Waals surface area contributed by atoms with E-state index in [4.69, 9.17) is 32.7 Å². The maximum atomic E-state index is 12.9. The van der Waals surface area contributed by atoms with Crippen molar-refractivity contribution < 1.29 is 19.7 Å². The molecule has 2 heterocycles. The SMILES string of the molecule is O=c1[nH]c2cc(Cl)ccc2c(O)c1-c1cccc(Oc2cccc(Oc3cccc(-c4c(O)c5ccc(Cl)cc5[nH]c4=O)c3)c2)c1. The van der Waals surface area contributed by atoms with E-state index < -0.39 is 11.1 Å². The molecule has 0 radical (unpaired) electrons. The van der Waals surface area contributed by atoms with Gasteiger partial charge in [0.15, 0.2) is 0 Å². The zero-order valence-corrected chi connectivity index (χ0v) is 25.2. The molecule has 0 fully saturated rings. The molecule has 10 heteroatoms. The van der Waals surface area contributed by atoms with Crippen molar-refractivity contribution in [2.75, 3.05) is 0 Å². The van der Waals surface area contributed by atoms with E-state index in [1.807, 2.05) is 0 Å². The number of halogens is 2. The van der Waals surface area contributed by atoms with Crippen molar-refractivity contribution in [1.82, 2.24) is 9.97 Å². The maximum absolute atomic E-state index is 12.9. The molecular formula is C36H22Cl2N2O6. The lowest BCUT2D eigenvalue weighted by molar-refractivity contribution is 0.460. The summed E-state index contributed by atoms with van der Waals surface area (Å²) < 4.78 is 12.2. The van der Waals surface area contributed by atoms with Gasteiger partial charge in [0.05, 0.1) is 22.2 Å². The lowest BCUT2D eigenvalue weighted by Gasteiger charge is -2.12. The average Bonchev–Trinajstić information content (AvgIpc) is 3.01. The molecule has 0 aliphatic rings. The number of pyridine rings is 2. The van der Waals surface area contributed by atoms with Crippen LogP contribution in [-0.2, 0) is 0 Å². The highest BCUT2D eigenvalue weighted by Crippen LogP contribution is 2.37. The average molecular weight is 649 g/mol. The summed E-state index contributed by atoms with van der Waals surface area (Å²) in [5.74, 6) is 1.46. The number of aromatic hydroxyl groups is 2. The second-order valence-electron chi connectivity index (χ2n) is 10.5. The predicted octanol–water partition coefficient (Wildman–Crippen LogP) is 9.01. The van der Waals surface area contributed by atoms with Gasteiger partial charge in [0.2, 0.25) is 0 Å². The first-order chi connectivity index (χ1) is 22.2. The molecule has 0 saturated heterocycles. The molecule has 0 spiro atoms. The molecule has 8 nitrogen and oxygen atoms in total. The molecule has 0 atom stereocenters. The highest BCUT2D eigenvalue weighted by molar-refractivity contribution is 6.31. The van der Waals surface area contributed by atoms with Gasteiger partial charge >= 0.3 is 0 Å². The molecule has 226 valence electrons. The fourth-order valence-corrected chi connectivity index (χ4v) is 5.69. The Morgan fingerprint density at radius 2 is 0.891 bits per heavy atom. The third-order valence-electron chi connectivity index (χ3n) is 7.42. The van der Waals surface area contributed by atoms with Crippen LogP contribution in [-0.4, -0.2) is 20.2 Å². The summed E-state index contributed by atoms with van der Waals surface area (Å²) in [7, 11) is 0. The number of ether oxygens (including phenoxy) is 2. The van der Waals surface area contributed by atoms with Gasteiger partial charge in [0.1, 0.15) is 34.5 Å². The first kappa shape index (κ1) is 29.0. The number of aromatic amines is 2. The van der Waals surface area contributed by atoms with Crippen LogP contribution in [0.5, 0.6) is 34.5 Å². The van der Waals surface area contributed by atoms with Gasteiger partial charge in [-0.05, 0) is 83.9 Å². The van der Waals surface area contributed by atoms with Crippen LogP contribution in [0.3, 0.4) is 0 Å². The molecule has 46 heavy (non-hydrogen) atoms. The normalized spacial score (nSPS) is 11.2. The Hall–Kier alpha value is -5.70. The summed E-state index contributed by atoms with van der Waals surface area (Å²) >= 11 is 12.1. The number of benzene rings is 5. The number of hydrogen-bond donors (Lipinski definition) is 4. The monoisotopic (exact) mass is 648 g/mol. The first-order valence-corrected chi connectivity index (χ1v) is 14.7. The van der Waals surface area contributed by atoms with E-state index in [1.165, 1.54) is 0 Å². The second kappa shape index (κ2) is 11.7. The number of hydrogen-bond acceptors (Lipinski definition) is 6. The molecular weight excluding hydrogens is 627 g/mol. The van der Waals surface area contributed by atoms with Crippen LogP contribution in [0.25, 0.3) is 44.1 Å². The van der Waals surface area contributed by atoms with Crippen molar-refractivity contribution in [2.24, 2.45) is 0 Å². The Bertz CT molecular complexity index is 2270. The van der Waals surface area contributed by atoms with Gasteiger partial charge in [-0.25, -0.2) is 0 Å². The van der Waals surface area contributed by atoms with Crippen LogP contribution in [0.2, 0.25) is 10.0 Å². The largest absolute Gasteiger partial charge is 0.506 e. The van der Waals surface area contributed by atoms with E-state index in [9.17, 15) is 19.8 Å². The summed E-state index contributed by atoms with van der Waals surface area (Å²) in [6.07, 6.45) is 0. The van der Waals surface area contributed by atoms with E-state index in [0.717, 1.165) is 0 Å². The first-order valence-electron chi connectivity index (χ1n) is 14.0. The summed E-state index contributed by atoms with van der Waals surface area (Å²) in [5, 5.41) is 23.7. The highest BCUT2D eigenvalue weighted by Gasteiger charge is 2.17. The van der Waals surface area contributed by atoms with Gasteiger partial charge in [0.25, 0.3) is 11.1 Å². The Kier molecular flexibility index (Phi) is 7.36. The number of fused-ring (bicyclic) bond motifs is 2.